The Morgan fingerprint density at radius 3 is 2.50 bits per heavy atom. The molecule has 1 aromatic carbocycles. The minimum Gasteiger partial charge on any atom is -0.497 e. The van der Waals surface area contributed by atoms with Gasteiger partial charge in [0.25, 0.3) is 5.91 Å². The lowest BCUT2D eigenvalue weighted by Crippen LogP contribution is -3.12. The van der Waals surface area contributed by atoms with Crippen molar-refractivity contribution in [1.29, 1.82) is 0 Å². The molecule has 0 bridgehead atoms. The Morgan fingerprint density at radius 2 is 1.91 bits per heavy atom. The van der Waals surface area contributed by atoms with Gasteiger partial charge in [-0.1, -0.05) is 19.3 Å². The molecule has 1 saturated carbocycles. The van der Waals surface area contributed by atoms with Gasteiger partial charge in [-0.2, -0.15) is 0 Å². The monoisotopic (exact) mass is 305 g/mol. The van der Waals surface area contributed by atoms with Crippen LogP contribution in [0, 0.1) is 0 Å². The number of hydrogen-bond donors (Lipinski definition) is 2. The van der Waals surface area contributed by atoms with Crippen LogP contribution in [0.2, 0.25) is 0 Å². The number of methoxy groups -OCH3 is 1. The van der Waals surface area contributed by atoms with Gasteiger partial charge in [-0.15, -0.1) is 0 Å². The van der Waals surface area contributed by atoms with Gasteiger partial charge < -0.3 is 15.0 Å². The Bertz CT molecular complexity index is 466. The molecule has 1 aliphatic rings. The highest BCUT2D eigenvalue weighted by Gasteiger charge is 2.25. The molecular weight excluding hydrogens is 276 g/mol. The topological polar surface area (TPSA) is 42.8 Å². The zero-order chi connectivity index (χ0) is 15.9. The average molecular weight is 305 g/mol. The first-order chi connectivity index (χ1) is 10.6. The van der Waals surface area contributed by atoms with Gasteiger partial charge in [-0.05, 0) is 44.0 Å². The number of quaternary nitrogens is 1. The summed E-state index contributed by atoms with van der Waals surface area (Å²) < 4.78 is 5.17. The van der Waals surface area contributed by atoms with E-state index in [2.05, 4.69) is 24.5 Å². The normalized spacial score (nSPS) is 18.5. The molecular formula is C18H29N2O2+. The van der Waals surface area contributed by atoms with E-state index >= 15 is 0 Å². The smallest absolute Gasteiger partial charge is 0.278 e. The molecule has 1 aromatic rings. The number of nitrogens with one attached hydrogen (secondary N) is 2. The van der Waals surface area contributed by atoms with Crippen molar-refractivity contribution < 1.29 is 14.4 Å². The summed E-state index contributed by atoms with van der Waals surface area (Å²) in [5.41, 5.74) is 1.22. The molecule has 2 atom stereocenters. The largest absolute Gasteiger partial charge is 0.497 e. The van der Waals surface area contributed by atoms with Crippen molar-refractivity contribution in [1.82, 2.24) is 5.32 Å². The quantitative estimate of drug-likeness (QED) is 0.837. The molecule has 1 unspecified atom stereocenters. The van der Waals surface area contributed by atoms with Crippen LogP contribution in [0.4, 0.5) is 0 Å². The third-order valence-corrected chi connectivity index (χ3v) is 4.73. The van der Waals surface area contributed by atoms with E-state index in [-0.39, 0.29) is 11.9 Å². The highest BCUT2D eigenvalue weighted by Crippen LogP contribution is 2.17. The van der Waals surface area contributed by atoms with Gasteiger partial charge in [0.1, 0.15) is 12.3 Å². The summed E-state index contributed by atoms with van der Waals surface area (Å²) in [6, 6.07) is 8.41. The lowest BCUT2D eigenvalue weighted by atomic mass is 9.95. The standard InChI is InChI=1S/C18H28N2O2/c1-14(18(21)19-16-7-5-4-6-8-16)20(2)13-15-9-11-17(22-3)12-10-15/h9-12,14,16H,4-8,13H2,1-3H3,(H,19,21)/p+1/t14-/m1/s1. The predicted molar refractivity (Wildman–Crippen MR) is 88.1 cm³/mol. The predicted octanol–water partition coefficient (Wildman–Crippen LogP) is 1.55. The Kier molecular flexibility index (Phi) is 6.25. The fraction of sp³-hybridized carbons (Fsp3) is 0.611. The molecule has 1 amide bonds. The van der Waals surface area contributed by atoms with Gasteiger partial charge in [0.05, 0.1) is 14.2 Å². The van der Waals surface area contributed by atoms with Crippen molar-refractivity contribution in [3.05, 3.63) is 29.8 Å². The number of hydrogen-bond acceptors (Lipinski definition) is 2. The van der Waals surface area contributed by atoms with E-state index < -0.39 is 0 Å². The van der Waals surface area contributed by atoms with Crippen molar-refractivity contribution in [2.24, 2.45) is 0 Å². The average Bonchev–Trinajstić information content (AvgIpc) is 2.55. The Balaban J connectivity index is 1.84. The van der Waals surface area contributed by atoms with Crippen molar-refractivity contribution in [2.45, 2.75) is 57.7 Å². The van der Waals surface area contributed by atoms with Crippen molar-refractivity contribution in [3.8, 4) is 5.75 Å². The third kappa shape index (κ3) is 4.73. The molecule has 2 N–H and O–H groups in total. The molecule has 0 aromatic heterocycles. The molecule has 0 spiro atoms. The van der Waals surface area contributed by atoms with Gasteiger partial charge >= 0.3 is 0 Å². The molecule has 4 heteroatoms. The zero-order valence-corrected chi connectivity index (χ0v) is 14.0. The van der Waals surface area contributed by atoms with E-state index in [0.29, 0.717) is 6.04 Å². The Labute approximate surface area is 133 Å². The summed E-state index contributed by atoms with van der Waals surface area (Å²) in [4.78, 5) is 13.6. The first kappa shape index (κ1) is 16.8. The maximum Gasteiger partial charge on any atom is 0.278 e. The van der Waals surface area contributed by atoms with Gasteiger partial charge in [-0.3, -0.25) is 4.79 Å². The minimum atomic E-state index is -0.0379. The van der Waals surface area contributed by atoms with E-state index in [4.69, 9.17) is 4.74 Å². The van der Waals surface area contributed by atoms with Crippen LogP contribution in [0.15, 0.2) is 24.3 Å². The zero-order valence-electron chi connectivity index (χ0n) is 14.0. The van der Waals surface area contributed by atoms with Crippen LogP contribution in [-0.2, 0) is 11.3 Å². The fourth-order valence-electron chi connectivity index (χ4n) is 3.02. The number of likely N-dealkylation sites (N-methyl/N-ethyl adjacent to an activating group) is 1. The maximum absolute atomic E-state index is 12.4. The Morgan fingerprint density at radius 1 is 1.27 bits per heavy atom. The van der Waals surface area contributed by atoms with E-state index in [1.54, 1.807) is 7.11 Å². The summed E-state index contributed by atoms with van der Waals surface area (Å²) in [7, 11) is 3.75. The highest BCUT2D eigenvalue weighted by atomic mass is 16.5. The van der Waals surface area contributed by atoms with Gasteiger partial charge in [-0.25, -0.2) is 0 Å². The van der Waals surface area contributed by atoms with Crippen LogP contribution in [0.3, 0.4) is 0 Å². The third-order valence-electron chi connectivity index (χ3n) is 4.73. The van der Waals surface area contributed by atoms with E-state index in [1.165, 1.54) is 29.7 Å². The van der Waals surface area contributed by atoms with Crippen molar-refractivity contribution in [2.75, 3.05) is 14.2 Å². The Hall–Kier alpha value is -1.55. The van der Waals surface area contributed by atoms with Gasteiger partial charge in [0.2, 0.25) is 0 Å². The molecule has 1 aliphatic carbocycles. The number of benzene rings is 1. The number of ether oxygens (including phenoxy) is 1. The maximum atomic E-state index is 12.4. The number of amides is 1. The number of carbonyl (C=O) groups excluding carboxylic acids is 1. The molecule has 22 heavy (non-hydrogen) atoms. The summed E-state index contributed by atoms with van der Waals surface area (Å²) in [5.74, 6) is 1.04. The van der Waals surface area contributed by atoms with Crippen LogP contribution in [0.1, 0.15) is 44.6 Å². The second-order valence-electron chi connectivity index (χ2n) is 6.44. The summed E-state index contributed by atoms with van der Waals surface area (Å²) >= 11 is 0. The van der Waals surface area contributed by atoms with E-state index in [1.807, 2.05) is 19.1 Å². The first-order valence-corrected chi connectivity index (χ1v) is 8.35. The van der Waals surface area contributed by atoms with Crippen molar-refractivity contribution in [3.63, 3.8) is 0 Å². The fourth-order valence-corrected chi connectivity index (χ4v) is 3.02. The molecule has 0 radical (unpaired) electrons. The number of rotatable bonds is 6. The second-order valence-corrected chi connectivity index (χ2v) is 6.44. The van der Waals surface area contributed by atoms with Crippen LogP contribution in [-0.4, -0.2) is 32.1 Å². The minimum absolute atomic E-state index is 0.0379. The van der Waals surface area contributed by atoms with Gasteiger partial charge in [0.15, 0.2) is 6.04 Å². The SMILES string of the molecule is COc1ccc(C[NH+](C)[C@H](C)C(=O)NC2CCCCC2)cc1. The molecule has 4 nitrogen and oxygen atoms in total. The molecule has 1 fully saturated rings. The lowest BCUT2D eigenvalue weighted by molar-refractivity contribution is -0.908. The summed E-state index contributed by atoms with van der Waals surface area (Å²) in [5, 5.41) is 3.22. The molecule has 122 valence electrons. The van der Waals surface area contributed by atoms with Crippen LogP contribution in [0.25, 0.3) is 0 Å². The molecule has 0 saturated heterocycles. The van der Waals surface area contributed by atoms with E-state index in [9.17, 15) is 4.79 Å². The number of carbonyl (C=O) groups is 1. The van der Waals surface area contributed by atoms with Crippen molar-refractivity contribution >= 4 is 5.91 Å². The van der Waals surface area contributed by atoms with E-state index in [0.717, 1.165) is 25.1 Å². The molecule has 0 heterocycles. The molecule has 2 rings (SSSR count). The summed E-state index contributed by atoms with van der Waals surface area (Å²) in [6.07, 6.45) is 6.07. The van der Waals surface area contributed by atoms with Crippen LogP contribution >= 0.6 is 0 Å². The first-order valence-electron chi connectivity index (χ1n) is 8.35. The van der Waals surface area contributed by atoms with Crippen LogP contribution in [0.5, 0.6) is 5.75 Å². The summed E-state index contributed by atoms with van der Waals surface area (Å²) in [6.45, 7) is 2.85. The van der Waals surface area contributed by atoms with Crippen LogP contribution < -0.4 is 15.0 Å². The van der Waals surface area contributed by atoms with Gasteiger partial charge in [0, 0.05) is 11.6 Å². The highest BCUT2D eigenvalue weighted by molar-refractivity contribution is 5.80. The second kappa shape index (κ2) is 8.18. The lowest BCUT2D eigenvalue weighted by Gasteiger charge is -2.26. The molecule has 0 aliphatic heterocycles.